The number of ether oxygens (including phenoxy) is 1. The van der Waals surface area contributed by atoms with Crippen LogP contribution in [0.25, 0.3) is 0 Å². The molecule has 0 heterocycles. The Morgan fingerprint density at radius 1 is 1.32 bits per heavy atom. The minimum atomic E-state index is -4.62. The molecule has 19 heavy (non-hydrogen) atoms. The third kappa shape index (κ3) is 5.03. The van der Waals surface area contributed by atoms with Gasteiger partial charge in [-0.3, -0.25) is 0 Å². The highest BCUT2D eigenvalue weighted by Gasteiger charge is 2.33. The van der Waals surface area contributed by atoms with E-state index < -0.39 is 17.7 Å². The molecule has 0 aliphatic heterocycles. The Labute approximate surface area is 108 Å². The van der Waals surface area contributed by atoms with Crippen LogP contribution in [0.5, 0.6) is 5.75 Å². The highest BCUT2D eigenvalue weighted by Crippen LogP contribution is 2.29. The van der Waals surface area contributed by atoms with Gasteiger partial charge in [0.1, 0.15) is 5.75 Å². The van der Waals surface area contributed by atoms with Crippen molar-refractivity contribution in [1.82, 2.24) is 0 Å². The topological polar surface area (TPSA) is 46.5 Å². The summed E-state index contributed by atoms with van der Waals surface area (Å²) in [6, 6.07) is 6.58. The summed E-state index contributed by atoms with van der Waals surface area (Å²) in [6.07, 6.45) is -4.67. The summed E-state index contributed by atoms with van der Waals surface area (Å²) in [5, 5.41) is 8.42. The summed E-state index contributed by atoms with van der Waals surface area (Å²) < 4.78 is 42.6. The van der Waals surface area contributed by atoms with E-state index in [0.717, 1.165) is 0 Å². The maximum absolute atomic E-state index is 12.6. The van der Waals surface area contributed by atoms with Crippen molar-refractivity contribution < 1.29 is 27.8 Å². The molecule has 1 N–H and O–H groups in total. The monoisotopic (exact) mass is 274 g/mol. The molecule has 6 heteroatoms. The highest BCUT2D eigenvalue weighted by atomic mass is 19.4. The van der Waals surface area contributed by atoms with Gasteiger partial charge in [0.05, 0.1) is 7.11 Å². The van der Waals surface area contributed by atoms with Crippen molar-refractivity contribution in [3.8, 4) is 5.75 Å². The lowest BCUT2D eigenvalue weighted by molar-refractivity contribution is -0.132. The first-order valence-corrected chi connectivity index (χ1v) is 5.46. The summed E-state index contributed by atoms with van der Waals surface area (Å²) in [5.41, 5.74) is -0.364. The molecule has 0 saturated heterocycles. The summed E-state index contributed by atoms with van der Waals surface area (Å²) in [5.74, 6) is -0.983. The zero-order valence-corrected chi connectivity index (χ0v) is 10.2. The highest BCUT2D eigenvalue weighted by molar-refractivity contribution is 5.80. The average molecular weight is 274 g/mol. The van der Waals surface area contributed by atoms with E-state index in [1.165, 1.54) is 7.11 Å². The first kappa shape index (κ1) is 15.1. The number of hydrogen-bond acceptors (Lipinski definition) is 2. The van der Waals surface area contributed by atoms with Crippen LogP contribution in [0, 0.1) is 0 Å². The smallest absolute Gasteiger partial charge is 0.412 e. The van der Waals surface area contributed by atoms with Crippen LogP contribution >= 0.6 is 0 Å². The van der Waals surface area contributed by atoms with E-state index in [4.69, 9.17) is 9.84 Å². The van der Waals surface area contributed by atoms with E-state index >= 15 is 0 Å². The Hall–Kier alpha value is -1.98. The number of halogens is 3. The SMILES string of the molecule is COc1ccc(CC/C(=C\C(=O)O)C(F)(F)F)cc1. The fourth-order valence-electron chi connectivity index (χ4n) is 1.52. The molecule has 0 bridgehead atoms. The van der Waals surface area contributed by atoms with Gasteiger partial charge in [-0.25, -0.2) is 4.79 Å². The number of aryl methyl sites for hydroxylation is 1. The van der Waals surface area contributed by atoms with E-state index in [0.29, 0.717) is 11.3 Å². The van der Waals surface area contributed by atoms with Crippen LogP contribution in [0.4, 0.5) is 13.2 Å². The Morgan fingerprint density at radius 3 is 2.32 bits per heavy atom. The number of rotatable bonds is 5. The van der Waals surface area contributed by atoms with Gasteiger partial charge in [-0.1, -0.05) is 12.1 Å². The van der Waals surface area contributed by atoms with Crippen molar-refractivity contribution in [2.45, 2.75) is 19.0 Å². The molecule has 3 nitrogen and oxygen atoms in total. The van der Waals surface area contributed by atoms with Crippen LogP contribution in [0.3, 0.4) is 0 Å². The molecule has 1 aromatic rings. The number of alkyl halides is 3. The average Bonchev–Trinajstić information content (AvgIpc) is 2.33. The second-order valence-electron chi connectivity index (χ2n) is 3.85. The van der Waals surface area contributed by atoms with Crippen molar-refractivity contribution in [3.05, 3.63) is 41.5 Å². The molecule has 104 valence electrons. The molecular weight excluding hydrogens is 261 g/mol. The van der Waals surface area contributed by atoms with Crippen LogP contribution in [-0.2, 0) is 11.2 Å². The molecule has 1 aromatic carbocycles. The molecule has 0 amide bonds. The number of carbonyl (C=O) groups is 1. The summed E-state index contributed by atoms with van der Waals surface area (Å²) in [7, 11) is 1.49. The van der Waals surface area contributed by atoms with Gasteiger partial charge >= 0.3 is 12.1 Å². The Bertz CT molecular complexity index is 461. The maximum atomic E-state index is 12.6. The van der Waals surface area contributed by atoms with Gasteiger partial charge in [0.15, 0.2) is 0 Å². The molecule has 0 saturated carbocycles. The lowest BCUT2D eigenvalue weighted by Crippen LogP contribution is -2.14. The molecule has 0 aliphatic rings. The van der Waals surface area contributed by atoms with E-state index in [1.54, 1.807) is 24.3 Å². The summed E-state index contributed by atoms with van der Waals surface area (Å²) >= 11 is 0. The van der Waals surface area contributed by atoms with Gasteiger partial charge in [0.2, 0.25) is 0 Å². The molecule has 1 rings (SSSR count). The minimum absolute atomic E-state index is 0.114. The minimum Gasteiger partial charge on any atom is -0.497 e. The van der Waals surface area contributed by atoms with E-state index in [1.807, 2.05) is 0 Å². The van der Waals surface area contributed by atoms with Gasteiger partial charge in [-0.2, -0.15) is 13.2 Å². The lowest BCUT2D eigenvalue weighted by Gasteiger charge is -2.11. The van der Waals surface area contributed by atoms with Crippen molar-refractivity contribution in [2.75, 3.05) is 7.11 Å². The third-order valence-electron chi connectivity index (χ3n) is 2.50. The standard InChI is InChI=1S/C13H13F3O3/c1-19-11-6-3-9(4-7-11)2-5-10(8-12(17)18)13(14,15)16/h3-4,6-8H,2,5H2,1H3,(H,17,18)/b10-8+. The number of benzene rings is 1. The van der Waals surface area contributed by atoms with Crippen molar-refractivity contribution in [1.29, 1.82) is 0 Å². The van der Waals surface area contributed by atoms with Crippen LogP contribution in [0.15, 0.2) is 35.9 Å². The zero-order chi connectivity index (χ0) is 14.5. The maximum Gasteiger partial charge on any atom is 0.412 e. The number of carboxylic acids is 1. The van der Waals surface area contributed by atoms with Crippen molar-refractivity contribution in [2.24, 2.45) is 0 Å². The second kappa shape index (κ2) is 6.26. The molecule has 0 aliphatic carbocycles. The molecule has 0 spiro atoms. The Balaban J connectivity index is 2.73. The first-order chi connectivity index (χ1) is 8.82. The van der Waals surface area contributed by atoms with E-state index in [-0.39, 0.29) is 18.9 Å². The zero-order valence-electron chi connectivity index (χ0n) is 10.2. The number of methoxy groups -OCH3 is 1. The molecule has 0 atom stereocenters. The number of aliphatic carboxylic acids is 1. The normalized spacial score (nSPS) is 12.3. The van der Waals surface area contributed by atoms with Gasteiger partial charge in [-0.05, 0) is 30.5 Å². The van der Waals surface area contributed by atoms with Crippen LogP contribution in [-0.4, -0.2) is 24.4 Å². The second-order valence-corrected chi connectivity index (χ2v) is 3.85. The number of hydrogen-bond donors (Lipinski definition) is 1. The van der Waals surface area contributed by atoms with Gasteiger partial charge in [0, 0.05) is 11.6 Å². The predicted octanol–water partition coefficient (Wildman–Crippen LogP) is 3.20. The van der Waals surface area contributed by atoms with Crippen LogP contribution in [0.1, 0.15) is 12.0 Å². The van der Waals surface area contributed by atoms with Gasteiger partial charge in [0.25, 0.3) is 0 Å². The molecule has 0 unspecified atom stereocenters. The Morgan fingerprint density at radius 2 is 1.89 bits per heavy atom. The molecule has 0 aromatic heterocycles. The van der Waals surface area contributed by atoms with Crippen molar-refractivity contribution in [3.63, 3.8) is 0 Å². The quantitative estimate of drug-likeness (QED) is 0.839. The first-order valence-electron chi connectivity index (χ1n) is 5.46. The van der Waals surface area contributed by atoms with E-state index in [9.17, 15) is 18.0 Å². The largest absolute Gasteiger partial charge is 0.497 e. The fraction of sp³-hybridized carbons (Fsp3) is 0.308. The Kier molecular flexibility index (Phi) is 4.97. The third-order valence-corrected chi connectivity index (χ3v) is 2.50. The van der Waals surface area contributed by atoms with Crippen LogP contribution in [0.2, 0.25) is 0 Å². The number of allylic oxidation sites excluding steroid dienone is 1. The summed E-state index contributed by atoms with van der Waals surface area (Å²) in [6.45, 7) is 0. The van der Waals surface area contributed by atoms with E-state index in [2.05, 4.69) is 0 Å². The van der Waals surface area contributed by atoms with Crippen LogP contribution < -0.4 is 4.74 Å². The summed E-state index contributed by atoms with van der Waals surface area (Å²) in [4.78, 5) is 10.4. The molecule has 0 radical (unpaired) electrons. The molecular formula is C13H13F3O3. The van der Waals surface area contributed by atoms with Gasteiger partial charge < -0.3 is 9.84 Å². The van der Waals surface area contributed by atoms with Gasteiger partial charge in [-0.15, -0.1) is 0 Å². The predicted molar refractivity (Wildman–Crippen MR) is 63.1 cm³/mol. The lowest BCUT2D eigenvalue weighted by atomic mass is 10.0. The van der Waals surface area contributed by atoms with Crippen molar-refractivity contribution >= 4 is 5.97 Å². The molecule has 0 fully saturated rings. The fourth-order valence-corrected chi connectivity index (χ4v) is 1.52. The number of carboxylic acid groups (broad SMARTS) is 1.